The Morgan fingerprint density at radius 1 is 1.00 bits per heavy atom. The molecule has 11 heteroatoms. The lowest BCUT2D eigenvalue weighted by molar-refractivity contribution is -0.0436. The third-order valence-corrected chi connectivity index (χ3v) is 3.54. The van der Waals surface area contributed by atoms with Gasteiger partial charge in [-0.1, -0.05) is 16.0 Å². The highest BCUT2D eigenvalue weighted by atomic mass is 32.3. The summed E-state index contributed by atoms with van der Waals surface area (Å²) in [6.45, 7) is 0. The second kappa shape index (κ2) is 4.39. The lowest BCUT2D eigenvalue weighted by Crippen LogP contribution is -2.24. The summed E-state index contributed by atoms with van der Waals surface area (Å²) in [5, 5.41) is 0. The largest absolute Gasteiger partial charge is 0.502 e. The average molecular weight is 308 g/mol. The summed E-state index contributed by atoms with van der Waals surface area (Å²) >= 11 is 0. The van der Waals surface area contributed by atoms with Crippen LogP contribution in [0.5, 0.6) is 5.75 Å². The van der Waals surface area contributed by atoms with E-state index in [-0.39, 0.29) is 0 Å². The molecule has 0 fully saturated rings. The van der Waals surface area contributed by atoms with Crippen LogP contribution >= 0.6 is 0 Å². The van der Waals surface area contributed by atoms with Gasteiger partial charge in [0.2, 0.25) is 0 Å². The van der Waals surface area contributed by atoms with Gasteiger partial charge < -0.3 is 4.18 Å². The van der Waals surface area contributed by atoms with Crippen molar-refractivity contribution in [1.82, 2.24) is 0 Å². The maximum Gasteiger partial charge on any atom is 0.502 e. The number of halogens is 4. The van der Waals surface area contributed by atoms with Crippen molar-refractivity contribution in [3.63, 3.8) is 0 Å². The van der Waals surface area contributed by atoms with Crippen molar-refractivity contribution < 1.29 is 38.1 Å². The second-order valence-corrected chi connectivity index (χ2v) is 5.73. The molecule has 0 atom stereocenters. The summed E-state index contributed by atoms with van der Waals surface area (Å²) in [5.74, 6) is -1.27. The van der Waals surface area contributed by atoms with Crippen LogP contribution in [0.2, 0.25) is 0 Å². The number of rotatable bonds is 3. The van der Waals surface area contributed by atoms with E-state index >= 15 is 0 Å². The maximum atomic E-state index is 12.2. The van der Waals surface area contributed by atoms with Crippen LogP contribution in [0.15, 0.2) is 29.2 Å². The van der Waals surface area contributed by atoms with Gasteiger partial charge in [0.05, 0.1) is 0 Å². The van der Waals surface area contributed by atoms with Gasteiger partial charge in [-0.05, 0) is 12.1 Å². The number of alkyl halides is 3. The molecule has 1 rings (SSSR count). The van der Waals surface area contributed by atoms with Crippen LogP contribution in [0.3, 0.4) is 0 Å². The molecule has 5 nitrogen and oxygen atoms in total. The normalized spacial score (nSPS) is 13.3. The van der Waals surface area contributed by atoms with Crippen LogP contribution in [0.1, 0.15) is 0 Å². The summed E-state index contributed by atoms with van der Waals surface area (Å²) < 4.78 is 94.9. The maximum absolute atomic E-state index is 12.2. The Morgan fingerprint density at radius 3 is 1.94 bits per heavy atom. The number of para-hydroxylation sites is 1. The van der Waals surface area contributed by atoms with E-state index in [4.69, 9.17) is 0 Å². The van der Waals surface area contributed by atoms with Crippen LogP contribution in [-0.2, 0) is 20.3 Å². The van der Waals surface area contributed by atoms with Crippen molar-refractivity contribution in [2.24, 2.45) is 0 Å². The highest BCUT2D eigenvalue weighted by Crippen LogP contribution is 2.35. The fourth-order valence-corrected chi connectivity index (χ4v) is 2.27. The molecule has 0 saturated heterocycles. The minimum atomic E-state index is -5.84. The first kappa shape index (κ1) is 14.7. The third kappa shape index (κ3) is 3.10. The molecule has 0 spiro atoms. The van der Waals surface area contributed by atoms with Gasteiger partial charge in [0.15, 0.2) is 5.75 Å². The van der Waals surface area contributed by atoms with E-state index in [9.17, 15) is 33.9 Å². The SMILES string of the molecule is O=S(=O)(F)Oc1ccccc1S(=O)(=O)C(F)(F)F. The van der Waals surface area contributed by atoms with Crippen LogP contribution in [0.25, 0.3) is 0 Å². The zero-order valence-electron chi connectivity index (χ0n) is 8.18. The third-order valence-electron chi connectivity index (χ3n) is 1.63. The Hall–Kier alpha value is -1.36. The summed E-state index contributed by atoms with van der Waals surface area (Å²) in [7, 11) is -11.5. The highest BCUT2D eigenvalue weighted by molar-refractivity contribution is 7.92. The molecule has 0 aliphatic rings. The molecule has 0 N–H and O–H groups in total. The predicted octanol–water partition coefficient (Wildman–Crippen LogP) is 1.57. The van der Waals surface area contributed by atoms with Crippen molar-refractivity contribution in [2.45, 2.75) is 10.4 Å². The molecule has 18 heavy (non-hydrogen) atoms. The van der Waals surface area contributed by atoms with Crippen LogP contribution < -0.4 is 4.18 Å². The van der Waals surface area contributed by atoms with Gasteiger partial charge in [-0.3, -0.25) is 0 Å². The summed E-state index contributed by atoms with van der Waals surface area (Å²) in [6, 6.07) is 2.91. The van der Waals surface area contributed by atoms with E-state index in [1.165, 1.54) is 0 Å². The molecular weight excluding hydrogens is 304 g/mol. The van der Waals surface area contributed by atoms with Crippen molar-refractivity contribution in [3.05, 3.63) is 24.3 Å². The molecular formula is C7H4F4O5S2. The first-order valence-electron chi connectivity index (χ1n) is 3.99. The standard InChI is InChI=1S/C7H4F4O5S2/c8-7(9,10)17(12,13)6-4-2-1-3-5(6)16-18(11,14)15/h1-4H. The predicted molar refractivity (Wildman–Crippen MR) is 50.3 cm³/mol. The minimum Gasteiger partial charge on any atom is -0.357 e. The Kier molecular flexibility index (Phi) is 3.58. The zero-order valence-corrected chi connectivity index (χ0v) is 9.81. The lowest BCUT2D eigenvalue weighted by atomic mass is 10.3. The molecule has 0 amide bonds. The summed E-state index contributed by atoms with van der Waals surface area (Å²) in [6.07, 6.45) is 0. The van der Waals surface area contributed by atoms with Crippen LogP contribution in [-0.4, -0.2) is 22.3 Å². The topological polar surface area (TPSA) is 77.5 Å². The Bertz CT molecular complexity index is 647. The fraction of sp³-hybridized carbons (Fsp3) is 0.143. The van der Waals surface area contributed by atoms with Gasteiger partial charge in [-0.2, -0.15) is 21.6 Å². The van der Waals surface area contributed by atoms with E-state index in [0.717, 1.165) is 12.1 Å². The number of hydrogen-bond acceptors (Lipinski definition) is 5. The molecule has 1 aromatic carbocycles. The van der Waals surface area contributed by atoms with Gasteiger partial charge in [-0.15, -0.1) is 0 Å². The van der Waals surface area contributed by atoms with E-state index in [1.54, 1.807) is 0 Å². The minimum absolute atomic E-state index is 0.448. The summed E-state index contributed by atoms with van der Waals surface area (Å²) in [5.41, 5.74) is -5.66. The number of benzene rings is 1. The van der Waals surface area contributed by atoms with Crippen LogP contribution in [0, 0.1) is 0 Å². The average Bonchev–Trinajstić information content (AvgIpc) is 2.13. The molecule has 1 aromatic rings. The van der Waals surface area contributed by atoms with E-state index < -0.39 is 36.5 Å². The fourth-order valence-electron chi connectivity index (χ4n) is 0.973. The molecule has 0 heterocycles. The Labute approximate surface area is 99.3 Å². The Balaban J connectivity index is 3.45. The van der Waals surface area contributed by atoms with E-state index in [2.05, 4.69) is 4.18 Å². The first-order chi connectivity index (χ1) is 7.95. The van der Waals surface area contributed by atoms with E-state index in [1.807, 2.05) is 0 Å². The van der Waals surface area contributed by atoms with Crippen molar-refractivity contribution >= 4 is 20.3 Å². The molecule has 0 bridgehead atoms. The second-order valence-electron chi connectivity index (χ2n) is 2.87. The molecule has 0 aliphatic carbocycles. The van der Waals surface area contributed by atoms with Gasteiger partial charge >= 0.3 is 16.0 Å². The van der Waals surface area contributed by atoms with Gasteiger partial charge in [0.1, 0.15) is 4.90 Å². The van der Waals surface area contributed by atoms with Gasteiger partial charge in [-0.25, -0.2) is 8.42 Å². The molecule has 0 aliphatic heterocycles. The van der Waals surface area contributed by atoms with Crippen molar-refractivity contribution in [1.29, 1.82) is 0 Å². The molecule has 0 radical (unpaired) electrons. The van der Waals surface area contributed by atoms with Gasteiger partial charge in [0, 0.05) is 0 Å². The lowest BCUT2D eigenvalue weighted by Gasteiger charge is -2.10. The van der Waals surface area contributed by atoms with Crippen molar-refractivity contribution in [3.8, 4) is 5.75 Å². The molecule has 0 aromatic heterocycles. The molecule has 0 unspecified atom stereocenters. The molecule has 0 saturated carbocycles. The van der Waals surface area contributed by atoms with Gasteiger partial charge in [0.25, 0.3) is 9.84 Å². The van der Waals surface area contributed by atoms with Crippen molar-refractivity contribution in [2.75, 3.05) is 0 Å². The number of hydrogen-bond donors (Lipinski definition) is 0. The Morgan fingerprint density at radius 2 is 1.50 bits per heavy atom. The van der Waals surface area contributed by atoms with Crippen LogP contribution in [0.4, 0.5) is 17.1 Å². The monoisotopic (exact) mass is 308 g/mol. The smallest absolute Gasteiger partial charge is 0.357 e. The van der Waals surface area contributed by atoms with E-state index in [0.29, 0.717) is 12.1 Å². The summed E-state index contributed by atoms with van der Waals surface area (Å²) in [4.78, 5) is -1.49. The zero-order chi connectivity index (χ0) is 14.2. The highest BCUT2D eigenvalue weighted by Gasteiger charge is 2.48. The quantitative estimate of drug-likeness (QED) is 0.626. The first-order valence-corrected chi connectivity index (χ1v) is 6.79. The number of sulfone groups is 1. The molecule has 102 valence electrons.